The largest absolute Gasteiger partial charge is 0.397 e. The number of imide groups is 1. The number of nitrogens with zero attached hydrogens (tertiary/aromatic N) is 1. The number of carbonyl (C=O) groups excluding carboxylic acids is 3. The number of carbonyl (C=O) groups is 3. The predicted molar refractivity (Wildman–Crippen MR) is 95.2 cm³/mol. The summed E-state index contributed by atoms with van der Waals surface area (Å²) in [7, 11) is -4.86. The Hall–Kier alpha value is -2.99. The highest BCUT2D eigenvalue weighted by molar-refractivity contribution is 7.94. The van der Waals surface area contributed by atoms with E-state index in [1.54, 1.807) is 5.43 Å². The van der Waals surface area contributed by atoms with Gasteiger partial charge in [-0.2, -0.15) is 13.4 Å². The number of benzene rings is 2. The molecular formula is C13H11N5O9S2. The normalized spacial score (nSPS) is 13.7. The Morgan fingerprint density at radius 2 is 1.79 bits per heavy atom. The smallest absolute Gasteiger partial charge is 0.348 e. The monoisotopic (exact) mass is 445 g/mol. The molecule has 4 amide bonds. The number of anilines is 1. The zero-order valence-electron chi connectivity index (χ0n) is 13.9. The minimum absolute atomic E-state index is 0.0228. The van der Waals surface area contributed by atoms with Crippen LogP contribution in [0.15, 0.2) is 28.0 Å². The number of hydrazine groups is 2. The van der Waals surface area contributed by atoms with Crippen LogP contribution in [0.2, 0.25) is 0 Å². The predicted octanol–water partition coefficient (Wildman–Crippen LogP) is -0.219. The first kappa shape index (κ1) is 20.7. The van der Waals surface area contributed by atoms with Crippen LogP contribution in [0.1, 0.15) is 20.7 Å². The molecule has 0 unspecified atom stereocenters. The first-order chi connectivity index (χ1) is 13.6. The second-order valence-electron chi connectivity index (χ2n) is 5.46. The van der Waals surface area contributed by atoms with Gasteiger partial charge in [0.2, 0.25) is 0 Å². The molecule has 0 radical (unpaired) electrons. The van der Waals surface area contributed by atoms with Gasteiger partial charge >= 0.3 is 6.03 Å². The molecule has 0 aromatic heterocycles. The van der Waals surface area contributed by atoms with Gasteiger partial charge in [-0.3, -0.25) is 19.6 Å². The van der Waals surface area contributed by atoms with E-state index in [-0.39, 0.29) is 26.8 Å². The zero-order valence-corrected chi connectivity index (χ0v) is 15.5. The molecular weight excluding hydrogens is 434 g/mol. The number of nitrogen functional groups attached to an aromatic ring is 1. The Balaban J connectivity index is 2.36. The third kappa shape index (κ3) is 3.56. The van der Waals surface area contributed by atoms with Crippen molar-refractivity contribution in [3.8, 4) is 0 Å². The molecule has 0 saturated heterocycles. The summed E-state index contributed by atoms with van der Waals surface area (Å²) < 4.78 is 37.2. The third-order valence-corrected chi connectivity index (χ3v) is 5.31. The molecule has 8 N–H and O–H groups in total. The van der Waals surface area contributed by atoms with E-state index in [1.807, 2.05) is 5.43 Å². The lowest BCUT2D eigenvalue weighted by atomic mass is 9.93. The first-order valence-corrected chi connectivity index (χ1v) is 9.46. The van der Waals surface area contributed by atoms with Crippen molar-refractivity contribution >= 4 is 56.5 Å². The van der Waals surface area contributed by atoms with Gasteiger partial charge in [0.1, 0.15) is 4.90 Å². The van der Waals surface area contributed by atoms with Crippen molar-refractivity contribution in [3.05, 3.63) is 29.3 Å². The fourth-order valence-corrected chi connectivity index (χ4v) is 3.85. The average molecular weight is 445 g/mol. The van der Waals surface area contributed by atoms with Crippen LogP contribution in [0.25, 0.3) is 10.8 Å². The van der Waals surface area contributed by atoms with Crippen LogP contribution in [0.3, 0.4) is 0 Å². The molecule has 0 atom stereocenters. The van der Waals surface area contributed by atoms with Crippen molar-refractivity contribution in [2.45, 2.75) is 9.79 Å². The van der Waals surface area contributed by atoms with Crippen LogP contribution in [-0.2, 0) is 19.5 Å². The SMILES string of the molecule is NNC(=O)NN1C(=O)c2cc(SOOO)cc3c(N)c(S(=O)(=O)O)cc(c23)C1=O. The van der Waals surface area contributed by atoms with E-state index in [1.165, 1.54) is 12.1 Å². The average Bonchev–Trinajstić information content (AvgIpc) is 2.67. The van der Waals surface area contributed by atoms with Gasteiger partial charge in [0, 0.05) is 15.7 Å². The Bertz CT molecular complexity index is 1170. The van der Waals surface area contributed by atoms with Crippen molar-refractivity contribution in [2.24, 2.45) is 5.84 Å². The lowest BCUT2D eigenvalue weighted by Gasteiger charge is -2.28. The molecule has 2 aromatic rings. The minimum Gasteiger partial charge on any atom is -0.397 e. The van der Waals surface area contributed by atoms with Crippen LogP contribution < -0.4 is 22.4 Å². The van der Waals surface area contributed by atoms with Crippen LogP contribution in [0.5, 0.6) is 0 Å². The molecule has 0 saturated carbocycles. The van der Waals surface area contributed by atoms with Crippen LogP contribution in [-0.4, -0.2) is 41.1 Å². The molecule has 2 aromatic carbocycles. The number of rotatable bonds is 5. The summed E-state index contributed by atoms with van der Waals surface area (Å²) in [4.78, 5) is 36.3. The van der Waals surface area contributed by atoms with Crippen LogP contribution in [0, 0.1) is 0 Å². The summed E-state index contributed by atoms with van der Waals surface area (Å²) in [5, 5.41) is 12.0. The summed E-state index contributed by atoms with van der Waals surface area (Å²) in [5.74, 6) is 2.84. The zero-order chi connectivity index (χ0) is 21.5. The number of hydrogen-bond donors (Lipinski definition) is 6. The van der Waals surface area contributed by atoms with Gasteiger partial charge in [-0.1, -0.05) is 5.04 Å². The molecule has 0 fully saturated rings. The van der Waals surface area contributed by atoms with Crippen molar-refractivity contribution in [1.82, 2.24) is 15.9 Å². The molecule has 0 spiro atoms. The van der Waals surface area contributed by atoms with E-state index in [0.717, 1.165) is 6.07 Å². The van der Waals surface area contributed by atoms with Crippen molar-refractivity contribution in [2.75, 3.05) is 5.73 Å². The second-order valence-corrected chi connectivity index (χ2v) is 7.63. The van der Waals surface area contributed by atoms with Crippen LogP contribution >= 0.6 is 12.0 Å². The number of amides is 4. The van der Waals surface area contributed by atoms with Crippen LogP contribution in [0.4, 0.5) is 10.5 Å². The van der Waals surface area contributed by atoms with Gasteiger partial charge in [0.05, 0.1) is 28.9 Å². The van der Waals surface area contributed by atoms with Gasteiger partial charge in [-0.15, -0.1) is 4.33 Å². The van der Waals surface area contributed by atoms with E-state index in [9.17, 15) is 27.4 Å². The Labute approximate surface area is 165 Å². The lowest BCUT2D eigenvalue weighted by Crippen LogP contribution is -2.55. The topological polar surface area (TPSA) is 224 Å². The first-order valence-electron chi connectivity index (χ1n) is 7.28. The van der Waals surface area contributed by atoms with Gasteiger partial charge in [0.15, 0.2) is 0 Å². The quantitative estimate of drug-likeness (QED) is 0.0513. The van der Waals surface area contributed by atoms with Crippen molar-refractivity contribution < 1.29 is 42.0 Å². The summed E-state index contributed by atoms with van der Waals surface area (Å²) in [6, 6.07) is 2.12. The molecule has 14 nitrogen and oxygen atoms in total. The minimum atomic E-state index is -4.86. The summed E-state index contributed by atoms with van der Waals surface area (Å²) in [5.41, 5.74) is 8.45. The van der Waals surface area contributed by atoms with E-state index >= 15 is 0 Å². The molecule has 16 heteroatoms. The summed E-state index contributed by atoms with van der Waals surface area (Å²) in [6.07, 6.45) is 0. The fraction of sp³-hybridized carbons (Fsp3) is 0. The van der Waals surface area contributed by atoms with E-state index in [0.29, 0.717) is 17.1 Å². The van der Waals surface area contributed by atoms with E-state index in [2.05, 4.69) is 9.37 Å². The Morgan fingerprint density at radius 3 is 2.34 bits per heavy atom. The van der Waals surface area contributed by atoms with Gasteiger partial charge in [-0.25, -0.2) is 21.3 Å². The lowest BCUT2D eigenvalue weighted by molar-refractivity contribution is -0.432. The standard InChI is InChI=1S/C13H11N5O9S2/c14-10-5-1-4(28-27-26-22)2-6-9(5)7(3-8(10)29(23,24)25)12(20)18(11(6)19)17-13(21)16-15/h1-3,22H,14-15H2,(H2,16,17,21)(H,23,24,25). The number of nitrogens with two attached hydrogens (primary N) is 2. The molecule has 29 heavy (non-hydrogen) atoms. The number of hydrogen-bond acceptors (Lipinski definition) is 11. The maximum Gasteiger partial charge on any atom is 0.348 e. The molecule has 3 rings (SSSR count). The number of urea groups is 1. The second kappa shape index (κ2) is 7.44. The third-order valence-electron chi connectivity index (χ3n) is 3.86. The highest BCUT2D eigenvalue weighted by Crippen LogP contribution is 2.39. The maximum absolute atomic E-state index is 12.8. The highest BCUT2D eigenvalue weighted by atomic mass is 32.2. The fourth-order valence-electron chi connectivity index (χ4n) is 2.75. The molecule has 0 bridgehead atoms. The maximum atomic E-state index is 12.8. The number of nitrogens with one attached hydrogen (secondary N) is 2. The summed E-state index contributed by atoms with van der Waals surface area (Å²) >= 11 is 0.424. The molecule has 1 aliphatic heterocycles. The van der Waals surface area contributed by atoms with E-state index < -0.39 is 38.5 Å². The molecule has 1 aliphatic rings. The van der Waals surface area contributed by atoms with Crippen molar-refractivity contribution in [3.63, 3.8) is 0 Å². The Morgan fingerprint density at radius 1 is 1.17 bits per heavy atom. The van der Waals surface area contributed by atoms with Gasteiger partial charge < -0.3 is 5.73 Å². The molecule has 154 valence electrons. The summed E-state index contributed by atoms with van der Waals surface area (Å²) in [6.45, 7) is 0. The Kier molecular flexibility index (Phi) is 5.32. The van der Waals surface area contributed by atoms with E-state index in [4.69, 9.17) is 16.8 Å². The molecule has 1 heterocycles. The van der Waals surface area contributed by atoms with Crippen molar-refractivity contribution in [1.29, 1.82) is 0 Å². The highest BCUT2D eigenvalue weighted by Gasteiger charge is 2.37. The van der Waals surface area contributed by atoms with Gasteiger partial charge in [0.25, 0.3) is 21.9 Å². The molecule has 0 aliphatic carbocycles. The van der Waals surface area contributed by atoms with Gasteiger partial charge in [-0.05, 0) is 18.2 Å².